The molecule has 1 amide bonds. The number of primary amides is 1. The molecule has 3 rings (SSSR count). The number of rotatable bonds is 2. The first-order valence-corrected chi connectivity index (χ1v) is 7.47. The first-order chi connectivity index (χ1) is 10.5. The summed E-state index contributed by atoms with van der Waals surface area (Å²) < 4.78 is 6.66. The van der Waals surface area contributed by atoms with Crippen LogP contribution >= 0.6 is 15.9 Å². The van der Waals surface area contributed by atoms with Crippen LogP contribution < -0.4 is 11.3 Å². The molecule has 1 aromatic heterocycles. The molecule has 0 bridgehead atoms. The van der Waals surface area contributed by atoms with Gasteiger partial charge in [-0.15, -0.1) is 0 Å². The zero-order chi connectivity index (χ0) is 15.7. The zero-order valence-corrected chi connectivity index (χ0v) is 13.4. The Balaban J connectivity index is 2.29. The van der Waals surface area contributed by atoms with Crippen LogP contribution in [-0.4, -0.2) is 5.91 Å². The van der Waals surface area contributed by atoms with E-state index in [-0.39, 0.29) is 11.1 Å². The van der Waals surface area contributed by atoms with Crippen molar-refractivity contribution >= 4 is 38.5 Å². The molecule has 5 heteroatoms. The summed E-state index contributed by atoms with van der Waals surface area (Å²) in [5.41, 5.74) is 8.35. The molecule has 3 aromatic rings. The number of hydrogen-bond acceptors (Lipinski definition) is 3. The SMILES string of the molecule is Cc1cccc(N=c2oc3ccc(Br)cc3cc2C(N)=O)c1. The third kappa shape index (κ3) is 2.94. The number of hydrogen-bond donors (Lipinski definition) is 1. The minimum atomic E-state index is -0.572. The van der Waals surface area contributed by atoms with E-state index >= 15 is 0 Å². The smallest absolute Gasteiger partial charge is 0.254 e. The largest absolute Gasteiger partial charge is 0.438 e. The maximum Gasteiger partial charge on any atom is 0.254 e. The second kappa shape index (κ2) is 5.77. The highest BCUT2D eigenvalue weighted by molar-refractivity contribution is 9.10. The minimum absolute atomic E-state index is 0.216. The van der Waals surface area contributed by atoms with Crippen molar-refractivity contribution in [2.45, 2.75) is 6.92 Å². The van der Waals surface area contributed by atoms with E-state index in [9.17, 15) is 4.79 Å². The maximum atomic E-state index is 11.7. The fourth-order valence-corrected chi connectivity index (χ4v) is 2.55. The molecule has 0 aliphatic carbocycles. The fourth-order valence-electron chi connectivity index (χ4n) is 2.18. The van der Waals surface area contributed by atoms with Crippen LogP contribution in [0, 0.1) is 6.92 Å². The van der Waals surface area contributed by atoms with E-state index in [1.54, 1.807) is 6.07 Å². The normalized spacial score (nSPS) is 11.8. The first kappa shape index (κ1) is 14.5. The highest BCUT2D eigenvalue weighted by Crippen LogP contribution is 2.20. The number of amides is 1. The van der Waals surface area contributed by atoms with Crippen molar-refractivity contribution in [1.29, 1.82) is 0 Å². The Morgan fingerprint density at radius 2 is 2.00 bits per heavy atom. The highest BCUT2D eigenvalue weighted by Gasteiger charge is 2.09. The fraction of sp³-hybridized carbons (Fsp3) is 0.0588. The Morgan fingerprint density at radius 3 is 2.73 bits per heavy atom. The molecule has 22 heavy (non-hydrogen) atoms. The number of aryl methyl sites for hydroxylation is 1. The van der Waals surface area contributed by atoms with Crippen LogP contribution in [0.1, 0.15) is 15.9 Å². The van der Waals surface area contributed by atoms with Gasteiger partial charge in [-0.25, -0.2) is 4.99 Å². The van der Waals surface area contributed by atoms with Crippen molar-refractivity contribution in [3.8, 4) is 0 Å². The number of carbonyl (C=O) groups is 1. The van der Waals surface area contributed by atoms with Gasteiger partial charge in [-0.3, -0.25) is 4.79 Å². The van der Waals surface area contributed by atoms with E-state index in [2.05, 4.69) is 20.9 Å². The van der Waals surface area contributed by atoms with Gasteiger partial charge in [0.05, 0.1) is 5.69 Å². The van der Waals surface area contributed by atoms with E-state index in [1.807, 2.05) is 49.4 Å². The summed E-state index contributed by atoms with van der Waals surface area (Å²) in [4.78, 5) is 16.1. The van der Waals surface area contributed by atoms with Gasteiger partial charge < -0.3 is 10.2 Å². The van der Waals surface area contributed by atoms with E-state index in [4.69, 9.17) is 10.2 Å². The van der Waals surface area contributed by atoms with Gasteiger partial charge in [0, 0.05) is 9.86 Å². The first-order valence-electron chi connectivity index (χ1n) is 6.67. The molecule has 1 heterocycles. The summed E-state index contributed by atoms with van der Waals surface area (Å²) in [5.74, 6) is -0.572. The number of nitrogens with two attached hydrogens (primary N) is 1. The Hall–Kier alpha value is -2.40. The molecule has 0 aliphatic heterocycles. The predicted octanol–water partition coefficient (Wildman–Crippen LogP) is 3.84. The standard InChI is InChI=1S/C17H13BrN2O2/c1-10-3-2-4-13(7-10)20-17-14(16(19)21)9-11-8-12(18)5-6-15(11)22-17/h2-9H,1H3,(H2,19,21). The van der Waals surface area contributed by atoms with Gasteiger partial charge in [0.2, 0.25) is 5.55 Å². The van der Waals surface area contributed by atoms with Crippen LogP contribution in [-0.2, 0) is 0 Å². The predicted molar refractivity (Wildman–Crippen MR) is 88.8 cm³/mol. The third-order valence-corrected chi connectivity index (χ3v) is 3.70. The van der Waals surface area contributed by atoms with Crippen molar-refractivity contribution < 1.29 is 9.21 Å². The van der Waals surface area contributed by atoms with Gasteiger partial charge in [-0.2, -0.15) is 0 Å². The van der Waals surface area contributed by atoms with Gasteiger partial charge in [0.1, 0.15) is 11.1 Å². The third-order valence-electron chi connectivity index (χ3n) is 3.21. The Kier molecular flexibility index (Phi) is 3.81. The number of benzene rings is 2. The highest BCUT2D eigenvalue weighted by atomic mass is 79.9. The molecule has 0 aliphatic rings. The zero-order valence-electron chi connectivity index (χ0n) is 11.8. The topological polar surface area (TPSA) is 68.6 Å². The molecule has 0 unspecified atom stereocenters. The molecule has 0 radical (unpaired) electrons. The number of fused-ring (bicyclic) bond motifs is 1. The van der Waals surface area contributed by atoms with Crippen LogP contribution in [0.3, 0.4) is 0 Å². The molecule has 4 nitrogen and oxygen atoms in total. The molecular weight excluding hydrogens is 344 g/mol. The molecule has 0 fully saturated rings. The molecule has 2 N–H and O–H groups in total. The monoisotopic (exact) mass is 356 g/mol. The number of carbonyl (C=O) groups excluding carboxylic acids is 1. The van der Waals surface area contributed by atoms with Crippen molar-refractivity contribution in [3.05, 3.63) is 69.7 Å². The molecule has 110 valence electrons. The molecule has 0 spiro atoms. The summed E-state index contributed by atoms with van der Waals surface area (Å²) in [7, 11) is 0. The second-order valence-electron chi connectivity index (χ2n) is 4.96. The molecule has 0 saturated heterocycles. The summed E-state index contributed by atoms with van der Waals surface area (Å²) >= 11 is 3.39. The molecule has 0 atom stereocenters. The van der Waals surface area contributed by atoms with Gasteiger partial charge in [0.15, 0.2) is 0 Å². The lowest BCUT2D eigenvalue weighted by molar-refractivity contribution is 0.0996. The van der Waals surface area contributed by atoms with Crippen LogP contribution in [0.5, 0.6) is 0 Å². The van der Waals surface area contributed by atoms with Crippen LogP contribution in [0.2, 0.25) is 0 Å². The Bertz CT molecular complexity index is 945. The molecule has 0 saturated carbocycles. The summed E-state index contributed by atoms with van der Waals surface area (Å²) in [6, 6.07) is 14.9. The van der Waals surface area contributed by atoms with Gasteiger partial charge in [-0.1, -0.05) is 28.1 Å². The summed E-state index contributed by atoms with van der Waals surface area (Å²) in [5, 5.41) is 0.784. The summed E-state index contributed by atoms with van der Waals surface area (Å²) in [6.07, 6.45) is 0. The average Bonchev–Trinajstić information content (AvgIpc) is 2.46. The second-order valence-corrected chi connectivity index (χ2v) is 5.88. The van der Waals surface area contributed by atoms with Crippen molar-refractivity contribution in [3.63, 3.8) is 0 Å². The lowest BCUT2D eigenvalue weighted by atomic mass is 10.2. The Labute approximate surface area is 135 Å². The van der Waals surface area contributed by atoms with Crippen molar-refractivity contribution in [1.82, 2.24) is 0 Å². The minimum Gasteiger partial charge on any atom is -0.438 e. The van der Waals surface area contributed by atoms with E-state index in [0.29, 0.717) is 11.3 Å². The van der Waals surface area contributed by atoms with Gasteiger partial charge in [0.25, 0.3) is 5.91 Å². The number of halogens is 1. The van der Waals surface area contributed by atoms with Gasteiger partial charge >= 0.3 is 0 Å². The maximum absolute atomic E-state index is 11.7. The van der Waals surface area contributed by atoms with Crippen molar-refractivity contribution in [2.75, 3.05) is 0 Å². The van der Waals surface area contributed by atoms with Crippen LogP contribution in [0.4, 0.5) is 5.69 Å². The van der Waals surface area contributed by atoms with E-state index in [1.165, 1.54) is 0 Å². The molecule has 2 aromatic carbocycles. The average molecular weight is 357 g/mol. The van der Waals surface area contributed by atoms with Crippen LogP contribution in [0.15, 0.2) is 62.4 Å². The summed E-state index contributed by atoms with van der Waals surface area (Å²) in [6.45, 7) is 1.98. The quantitative estimate of drug-likeness (QED) is 0.757. The van der Waals surface area contributed by atoms with Crippen molar-refractivity contribution in [2.24, 2.45) is 10.7 Å². The Morgan fingerprint density at radius 1 is 1.18 bits per heavy atom. The van der Waals surface area contributed by atoms with Crippen LogP contribution in [0.25, 0.3) is 11.0 Å². The van der Waals surface area contributed by atoms with Gasteiger partial charge in [-0.05, 0) is 48.9 Å². The lowest BCUT2D eigenvalue weighted by Crippen LogP contribution is -2.21. The van der Waals surface area contributed by atoms with E-state index in [0.717, 1.165) is 15.4 Å². The molecular formula is C17H13BrN2O2. The lowest BCUT2D eigenvalue weighted by Gasteiger charge is -2.03. The van der Waals surface area contributed by atoms with E-state index < -0.39 is 5.91 Å². The number of nitrogens with zero attached hydrogens (tertiary/aromatic N) is 1.